The number of methoxy groups -OCH3 is 1. The summed E-state index contributed by atoms with van der Waals surface area (Å²) in [5, 5.41) is 3.61. The number of fused-ring (bicyclic) bond motifs is 1. The topological polar surface area (TPSA) is 122 Å². The molecule has 0 aliphatic heterocycles. The molecule has 1 fully saturated rings. The van der Waals surface area contributed by atoms with Crippen molar-refractivity contribution in [1.82, 2.24) is 4.98 Å². The molecule has 218 valence electrons. The van der Waals surface area contributed by atoms with Crippen molar-refractivity contribution in [1.29, 1.82) is 0 Å². The van der Waals surface area contributed by atoms with Gasteiger partial charge in [-0.25, -0.2) is 0 Å². The van der Waals surface area contributed by atoms with Crippen LogP contribution in [0.15, 0.2) is 79.0 Å². The largest absolute Gasteiger partial charge is 0.493 e. The molecule has 1 atom stereocenters. The summed E-state index contributed by atoms with van der Waals surface area (Å²) in [6, 6.07) is 20.7. The van der Waals surface area contributed by atoms with Crippen LogP contribution in [0.2, 0.25) is 0 Å². The summed E-state index contributed by atoms with van der Waals surface area (Å²) in [4.78, 5) is 29.3. The summed E-state index contributed by atoms with van der Waals surface area (Å²) >= 11 is 0. The van der Waals surface area contributed by atoms with Crippen molar-refractivity contribution in [2.24, 2.45) is 5.73 Å². The van der Waals surface area contributed by atoms with Gasteiger partial charge in [0.1, 0.15) is 23.6 Å². The van der Waals surface area contributed by atoms with Crippen LogP contribution in [0.5, 0.6) is 23.0 Å². The third-order valence-electron chi connectivity index (χ3n) is 7.19. The molecule has 42 heavy (non-hydrogen) atoms. The Bertz CT molecular complexity index is 1500. The van der Waals surface area contributed by atoms with E-state index in [-0.39, 0.29) is 24.6 Å². The molecule has 0 bridgehead atoms. The number of amides is 1. The van der Waals surface area contributed by atoms with Crippen LogP contribution in [0.25, 0.3) is 10.9 Å². The highest BCUT2D eigenvalue weighted by Crippen LogP contribution is 2.37. The molecule has 5 rings (SSSR count). The zero-order chi connectivity index (χ0) is 29.3. The number of hydrogen-bond acceptors (Lipinski definition) is 8. The van der Waals surface area contributed by atoms with Gasteiger partial charge in [0.05, 0.1) is 19.2 Å². The Kier molecular flexibility index (Phi) is 9.51. The number of ether oxygens (including phenoxy) is 4. The number of carbonyl (C=O) groups excluding carboxylic acids is 2. The second-order valence-electron chi connectivity index (χ2n) is 10.2. The quantitative estimate of drug-likeness (QED) is 0.203. The number of benzene rings is 3. The molecule has 3 aromatic carbocycles. The van der Waals surface area contributed by atoms with Crippen LogP contribution in [-0.4, -0.2) is 42.7 Å². The Morgan fingerprint density at radius 2 is 1.71 bits per heavy atom. The predicted octanol–water partition coefficient (Wildman–Crippen LogP) is 6.26. The van der Waals surface area contributed by atoms with Crippen molar-refractivity contribution in [2.75, 3.05) is 19.0 Å². The highest BCUT2D eigenvalue weighted by atomic mass is 16.5. The molecule has 1 aliphatic rings. The van der Waals surface area contributed by atoms with Gasteiger partial charge >= 0.3 is 5.97 Å². The van der Waals surface area contributed by atoms with E-state index >= 15 is 0 Å². The van der Waals surface area contributed by atoms with Gasteiger partial charge in [-0.05, 0) is 74.2 Å². The zero-order valence-corrected chi connectivity index (χ0v) is 23.6. The Balaban J connectivity index is 1.21. The van der Waals surface area contributed by atoms with E-state index in [9.17, 15) is 9.59 Å². The van der Waals surface area contributed by atoms with Crippen molar-refractivity contribution >= 4 is 28.5 Å². The van der Waals surface area contributed by atoms with Crippen LogP contribution < -0.4 is 25.3 Å². The third kappa shape index (κ3) is 7.36. The van der Waals surface area contributed by atoms with Gasteiger partial charge in [-0.2, -0.15) is 0 Å². The normalized spacial score (nSPS) is 14.1. The monoisotopic (exact) mass is 569 g/mol. The van der Waals surface area contributed by atoms with Gasteiger partial charge in [0.25, 0.3) is 5.91 Å². The molecule has 0 spiro atoms. The summed E-state index contributed by atoms with van der Waals surface area (Å²) in [5.74, 6) is 1.59. The lowest BCUT2D eigenvalue weighted by Gasteiger charge is -2.23. The smallest absolute Gasteiger partial charge is 0.323 e. The van der Waals surface area contributed by atoms with Crippen LogP contribution in [0, 0.1) is 0 Å². The number of aromatic nitrogens is 1. The van der Waals surface area contributed by atoms with Crippen molar-refractivity contribution in [3.8, 4) is 23.0 Å². The molecule has 4 aromatic rings. The SMILES string of the molecule is COc1cc2c(Oc3ccc(NC(=O)c4ccccc4)cc3)ccnc2cc1OCCC(N)C(=O)OC1CCCCC1. The van der Waals surface area contributed by atoms with E-state index in [0.29, 0.717) is 46.2 Å². The summed E-state index contributed by atoms with van der Waals surface area (Å²) in [6.45, 7) is 0.214. The zero-order valence-electron chi connectivity index (χ0n) is 23.6. The van der Waals surface area contributed by atoms with Crippen LogP contribution >= 0.6 is 0 Å². The molecule has 1 aliphatic carbocycles. The molecule has 9 nitrogen and oxygen atoms in total. The standard InChI is InChI=1S/C33H35N3O6/c1-39-30-20-26-28(21-31(30)40-19-17-27(34)33(38)42-24-10-6-3-7-11-24)35-18-16-29(26)41-25-14-12-23(13-15-25)36-32(37)22-8-4-2-5-9-22/h2,4-5,8-9,12-16,18,20-21,24,27H,3,6-7,10-11,17,19,34H2,1H3,(H,36,37). The Hall–Kier alpha value is -4.63. The molecule has 1 amide bonds. The molecular weight excluding hydrogens is 534 g/mol. The Morgan fingerprint density at radius 1 is 0.952 bits per heavy atom. The third-order valence-corrected chi connectivity index (χ3v) is 7.19. The van der Waals surface area contributed by atoms with Gasteiger partial charge in [0.2, 0.25) is 0 Å². The van der Waals surface area contributed by atoms with Crippen molar-refractivity contribution < 1.29 is 28.5 Å². The first-order chi connectivity index (χ1) is 20.5. The van der Waals surface area contributed by atoms with Gasteiger partial charge in [0.15, 0.2) is 11.5 Å². The maximum absolute atomic E-state index is 12.4. The maximum atomic E-state index is 12.4. The molecule has 3 N–H and O–H groups in total. The number of carbonyl (C=O) groups is 2. The fourth-order valence-electron chi connectivity index (χ4n) is 4.86. The highest BCUT2D eigenvalue weighted by molar-refractivity contribution is 6.04. The summed E-state index contributed by atoms with van der Waals surface area (Å²) in [6.07, 6.45) is 7.10. The Labute approximate surface area is 244 Å². The molecular formula is C33H35N3O6. The minimum Gasteiger partial charge on any atom is -0.493 e. The van der Waals surface area contributed by atoms with Crippen molar-refractivity contribution in [3.63, 3.8) is 0 Å². The summed E-state index contributed by atoms with van der Waals surface area (Å²) < 4.78 is 23.3. The predicted molar refractivity (Wildman–Crippen MR) is 160 cm³/mol. The minimum atomic E-state index is -0.755. The number of nitrogens with zero attached hydrogens (tertiary/aromatic N) is 1. The second kappa shape index (κ2) is 13.8. The molecule has 1 unspecified atom stereocenters. The Morgan fingerprint density at radius 3 is 2.45 bits per heavy atom. The molecule has 9 heteroatoms. The van der Waals surface area contributed by atoms with Gasteiger partial charge < -0.3 is 30.0 Å². The lowest BCUT2D eigenvalue weighted by atomic mass is 9.98. The molecule has 0 saturated heterocycles. The van der Waals surface area contributed by atoms with Gasteiger partial charge in [-0.3, -0.25) is 14.6 Å². The van der Waals surface area contributed by atoms with Crippen LogP contribution in [-0.2, 0) is 9.53 Å². The van der Waals surface area contributed by atoms with Crippen LogP contribution in [0.1, 0.15) is 48.9 Å². The molecule has 1 saturated carbocycles. The maximum Gasteiger partial charge on any atom is 0.323 e. The van der Waals surface area contributed by atoms with E-state index < -0.39 is 6.04 Å². The van der Waals surface area contributed by atoms with E-state index in [2.05, 4.69) is 10.3 Å². The van der Waals surface area contributed by atoms with E-state index in [1.165, 1.54) is 6.42 Å². The van der Waals surface area contributed by atoms with E-state index in [1.54, 1.807) is 67.9 Å². The molecule has 1 aromatic heterocycles. The van der Waals surface area contributed by atoms with Crippen molar-refractivity contribution in [2.45, 2.75) is 50.7 Å². The first-order valence-corrected chi connectivity index (χ1v) is 14.2. The van der Waals surface area contributed by atoms with Gasteiger partial charge in [0, 0.05) is 35.3 Å². The summed E-state index contributed by atoms with van der Waals surface area (Å²) in [5.41, 5.74) is 7.96. The minimum absolute atomic E-state index is 0.0280. The highest BCUT2D eigenvalue weighted by Gasteiger charge is 2.22. The lowest BCUT2D eigenvalue weighted by Crippen LogP contribution is -2.36. The summed E-state index contributed by atoms with van der Waals surface area (Å²) in [7, 11) is 1.56. The number of hydrogen-bond donors (Lipinski definition) is 2. The fraction of sp³-hybridized carbons (Fsp3) is 0.303. The second-order valence-corrected chi connectivity index (χ2v) is 10.2. The van der Waals surface area contributed by atoms with E-state index in [1.807, 2.05) is 18.2 Å². The number of pyridine rings is 1. The van der Waals surface area contributed by atoms with Gasteiger partial charge in [-0.15, -0.1) is 0 Å². The van der Waals surface area contributed by atoms with E-state index in [0.717, 1.165) is 31.1 Å². The average Bonchev–Trinajstić information content (AvgIpc) is 3.02. The average molecular weight is 570 g/mol. The van der Waals surface area contributed by atoms with Crippen LogP contribution in [0.3, 0.4) is 0 Å². The van der Waals surface area contributed by atoms with E-state index in [4.69, 9.17) is 24.7 Å². The number of rotatable bonds is 11. The first-order valence-electron chi connectivity index (χ1n) is 14.2. The van der Waals surface area contributed by atoms with Crippen molar-refractivity contribution in [3.05, 3.63) is 84.6 Å². The number of nitrogens with two attached hydrogens (primary N) is 1. The number of nitrogens with one attached hydrogen (secondary N) is 1. The lowest BCUT2D eigenvalue weighted by molar-refractivity contribution is -0.152. The van der Waals surface area contributed by atoms with Gasteiger partial charge in [-0.1, -0.05) is 24.6 Å². The first kappa shape index (κ1) is 28.9. The molecule has 0 radical (unpaired) electrons. The van der Waals surface area contributed by atoms with Crippen LogP contribution in [0.4, 0.5) is 5.69 Å². The number of anilines is 1. The number of esters is 1. The fourth-order valence-corrected chi connectivity index (χ4v) is 4.86. The molecule has 1 heterocycles.